The molecule has 2 heteroatoms. The van der Waals surface area contributed by atoms with Crippen LogP contribution in [0, 0.1) is 5.92 Å². The minimum Gasteiger partial charge on any atom is -0.285 e. The molecule has 0 radical (unpaired) electrons. The van der Waals surface area contributed by atoms with Gasteiger partial charge in [0.2, 0.25) is 0 Å². The number of nitrogens with zero attached hydrogens (tertiary/aromatic N) is 2. The maximum absolute atomic E-state index is 4.64. The van der Waals surface area contributed by atoms with E-state index in [0.29, 0.717) is 5.92 Å². The van der Waals surface area contributed by atoms with Crippen LogP contribution >= 0.6 is 0 Å². The van der Waals surface area contributed by atoms with E-state index in [1.807, 2.05) is 6.21 Å². The molecule has 2 unspecified atom stereocenters. The summed E-state index contributed by atoms with van der Waals surface area (Å²) < 4.78 is 0. The molecule has 1 fully saturated rings. The van der Waals surface area contributed by atoms with Gasteiger partial charge in [-0.25, -0.2) is 0 Å². The molecule has 1 aliphatic heterocycles. The summed E-state index contributed by atoms with van der Waals surface area (Å²) in [5.74, 6) is 0.621. The highest BCUT2D eigenvalue weighted by Gasteiger charge is 2.52. The zero-order valence-electron chi connectivity index (χ0n) is 9.11. The van der Waals surface area contributed by atoms with Gasteiger partial charge < -0.3 is 0 Å². The molecule has 0 aromatic rings. The highest BCUT2D eigenvalue weighted by molar-refractivity contribution is 5.88. The van der Waals surface area contributed by atoms with E-state index in [2.05, 4.69) is 36.3 Å². The third-order valence-electron chi connectivity index (χ3n) is 3.34. The molecule has 0 saturated heterocycles. The summed E-state index contributed by atoms with van der Waals surface area (Å²) >= 11 is 0. The first-order valence-electron chi connectivity index (χ1n) is 5.31. The molecule has 1 heterocycles. The average Bonchev–Trinajstić information content (AvgIpc) is 2.99. The van der Waals surface area contributed by atoms with Crippen molar-refractivity contribution >= 4 is 12.9 Å². The van der Waals surface area contributed by atoms with E-state index >= 15 is 0 Å². The molecule has 0 aromatic heterocycles. The Hall–Kier alpha value is -1.44. The molecule has 15 heavy (non-hydrogen) atoms. The van der Waals surface area contributed by atoms with Crippen LogP contribution in [0.15, 0.2) is 46.1 Å². The molecule has 0 N–H and O–H groups in total. The van der Waals surface area contributed by atoms with Crippen molar-refractivity contribution in [1.82, 2.24) is 0 Å². The molecule has 0 aromatic carbocycles. The van der Waals surface area contributed by atoms with E-state index in [9.17, 15) is 0 Å². The fourth-order valence-corrected chi connectivity index (χ4v) is 2.15. The first-order valence-corrected chi connectivity index (χ1v) is 5.31. The zero-order chi connectivity index (χ0) is 10.9. The van der Waals surface area contributed by atoms with Gasteiger partial charge in [-0.2, -0.15) is 0 Å². The number of allylic oxidation sites excluding steroid dienone is 3. The van der Waals surface area contributed by atoms with Gasteiger partial charge in [0.25, 0.3) is 0 Å². The lowest BCUT2D eigenvalue weighted by Gasteiger charge is -2.13. The monoisotopic (exact) mass is 200 g/mol. The van der Waals surface area contributed by atoms with Crippen LogP contribution in [0.2, 0.25) is 0 Å². The number of fused-ring (bicyclic) bond motifs is 1. The topological polar surface area (TPSA) is 24.7 Å². The minimum absolute atomic E-state index is 0.234. The molecule has 0 spiro atoms. The molecule has 2 aliphatic rings. The predicted molar refractivity (Wildman–Crippen MR) is 65.5 cm³/mol. The predicted octanol–water partition coefficient (Wildman–Crippen LogP) is 2.94. The largest absolute Gasteiger partial charge is 0.285 e. The van der Waals surface area contributed by atoms with E-state index in [1.165, 1.54) is 6.42 Å². The summed E-state index contributed by atoms with van der Waals surface area (Å²) in [5, 5.41) is 0. The fourth-order valence-electron chi connectivity index (χ4n) is 2.15. The number of hydrogen-bond acceptors (Lipinski definition) is 2. The summed E-state index contributed by atoms with van der Waals surface area (Å²) in [6.07, 6.45) is 10.1. The van der Waals surface area contributed by atoms with Crippen LogP contribution in [0.5, 0.6) is 0 Å². The van der Waals surface area contributed by atoms with Gasteiger partial charge in [-0.3, -0.25) is 9.98 Å². The summed E-state index contributed by atoms with van der Waals surface area (Å²) in [6.45, 7) is 9.43. The molecule has 0 amide bonds. The van der Waals surface area contributed by atoms with E-state index in [1.54, 1.807) is 12.3 Å². The molecule has 2 rings (SSSR count). The van der Waals surface area contributed by atoms with Gasteiger partial charge in [0.1, 0.15) is 0 Å². The second-order valence-corrected chi connectivity index (χ2v) is 4.12. The summed E-state index contributed by atoms with van der Waals surface area (Å²) in [7, 11) is 0. The highest BCUT2D eigenvalue weighted by atomic mass is 14.9. The Bertz CT molecular complexity index is 387. The molecular weight excluding hydrogens is 184 g/mol. The Morgan fingerprint density at radius 2 is 2.60 bits per heavy atom. The van der Waals surface area contributed by atoms with Gasteiger partial charge in [-0.1, -0.05) is 25.7 Å². The molecular formula is C13H16N2. The Labute approximate surface area is 90.8 Å². The summed E-state index contributed by atoms with van der Waals surface area (Å²) in [6, 6.07) is 0. The van der Waals surface area contributed by atoms with Gasteiger partial charge in [0.15, 0.2) is 0 Å². The van der Waals surface area contributed by atoms with Crippen molar-refractivity contribution in [2.75, 3.05) is 0 Å². The van der Waals surface area contributed by atoms with Gasteiger partial charge in [-0.05, 0) is 25.1 Å². The lowest BCUT2D eigenvalue weighted by Crippen LogP contribution is -2.11. The Morgan fingerprint density at radius 3 is 3.13 bits per heavy atom. The smallest absolute Gasteiger partial charge is 0.0675 e. The maximum atomic E-state index is 4.64. The van der Waals surface area contributed by atoms with Crippen molar-refractivity contribution in [3.63, 3.8) is 0 Å². The number of hydrogen-bond donors (Lipinski definition) is 0. The third-order valence-corrected chi connectivity index (χ3v) is 3.34. The Morgan fingerprint density at radius 1 is 1.80 bits per heavy atom. The molecule has 2 atom stereocenters. The Kier molecular flexibility index (Phi) is 2.43. The fraction of sp³-hybridized carbons (Fsp3) is 0.385. The standard InChI is InChI=1S/C13H16N2/c1-4-10(8-14-3)11-6-12-7-13(12,5-2)15-9-11/h4,6,8-9,12H,1,3,5,7H2,2H3/b10-8+. The van der Waals surface area contributed by atoms with Crippen LogP contribution in [0.1, 0.15) is 19.8 Å². The number of rotatable bonds is 4. The van der Waals surface area contributed by atoms with Crippen molar-refractivity contribution < 1.29 is 0 Å². The van der Waals surface area contributed by atoms with Crippen LogP contribution in [-0.4, -0.2) is 18.5 Å². The van der Waals surface area contributed by atoms with Crippen molar-refractivity contribution in [3.8, 4) is 0 Å². The van der Waals surface area contributed by atoms with Crippen molar-refractivity contribution in [2.45, 2.75) is 25.3 Å². The van der Waals surface area contributed by atoms with Crippen molar-refractivity contribution in [3.05, 3.63) is 36.1 Å². The second kappa shape index (κ2) is 3.61. The minimum atomic E-state index is 0.234. The van der Waals surface area contributed by atoms with Gasteiger partial charge in [-0.15, -0.1) is 0 Å². The van der Waals surface area contributed by atoms with Crippen LogP contribution in [0.25, 0.3) is 0 Å². The summed E-state index contributed by atoms with van der Waals surface area (Å²) in [5.41, 5.74) is 2.37. The lowest BCUT2D eigenvalue weighted by molar-refractivity contribution is 0.618. The molecule has 1 saturated carbocycles. The van der Waals surface area contributed by atoms with E-state index < -0.39 is 0 Å². The average molecular weight is 200 g/mol. The highest BCUT2D eigenvalue weighted by Crippen LogP contribution is 2.52. The Balaban J connectivity index is 2.22. The quantitative estimate of drug-likeness (QED) is 0.492. The summed E-state index contributed by atoms with van der Waals surface area (Å²) in [4.78, 5) is 8.41. The normalized spacial score (nSPS) is 33.0. The SMILES string of the molecule is C=C/C(=C\N=C)C1=CC2CC2(CC)N=C1. The zero-order valence-corrected chi connectivity index (χ0v) is 9.11. The molecule has 78 valence electrons. The van der Waals surface area contributed by atoms with Crippen molar-refractivity contribution in [1.29, 1.82) is 0 Å². The van der Waals surface area contributed by atoms with Crippen molar-refractivity contribution in [2.24, 2.45) is 15.9 Å². The van der Waals surface area contributed by atoms with Gasteiger partial charge in [0.05, 0.1) is 5.54 Å². The van der Waals surface area contributed by atoms with E-state index in [4.69, 9.17) is 0 Å². The molecule has 1 aliphatic carbocycles. The number of dihydropyridines is 1. The molecule has 0 bridgehead atoms. The van der Waals surface area contributed by atoms with Crippen LogP contribution in [0.4, 0.5) is 0 Å². The van der Waals surface area contributed by atoms with Gasteiger partial charge >= 0.3 is 0 Å². The first-order chi connectivity index (χ1) is 7.25. The third kappa shape index (κ3) is 1.60. The van der Waals surface area contributed by atoms with Gasteiger partial charge in [0, 0.05) is 23.9 Å². The van der Waals surface area contributed by atoms with Crippen LogP contribution in [0.3, 0.4) is 0 Å². The van der Waals surface area contributed by atoms with Crippen LogP contribution < -0.4 is 0 Å². The maximum Gasteiger partial charge on any atom is 0.0675 e. The van der Waals surface area contributed by atoms with Crippen LogP contribution in [-0.2, 0) is 0 Å². The van der Waals surface area contributed by atoms with E-state index in [-0.39, 0.29) is 5.54 Å². The second-order valence-electron chi connectivity index (χ2n) is 4.12. The first kappa shape index (κ1) is 10.1. The lowest BCUT2D eigenvalue weighted by atomic mass is 10.0. The molecule has 2 nitrogen and oxygen atoms in total. The van der Waals surface area contributed by atoms with E-state index in [0.717, 1.165) is 17.6 Å². The number of aliphatic imine (C=N–C) groups is 2.